The molecular weight excluding hydrogens is 327 g/mol. The topological polar surface area (TPSA) is 34.1 Å². The zero-order valence-electron chi connectivity index (χ0n) is 10.3. The molecule has 0 aliphatic heterocycles. The molecule has 1 aromatic carbocycles. The third-order valence-electron chi connectivity index (χ3n) is 1.77. The molecule has 0 atom stereocenters. The van der Waals surface area contributed by atoms with Crippen LogP contribution in [-0.2, 0) is 29.1 Å². The Balaban J connectivity index is -0.000000209. The largest absolute Gasteiger partial charge is 0.281 e. The first-order valence-electron chi connectivity index (χ1n) is 4.95. The van der Waals surface area contributed by atoms with Crippen LogP contribution in [0.25, 0.3) is 6.08 Å². The fourth-order valence-electron chi connectivity index (χ4n) is 1.00. The molecule has 1 aliphatic rings. The summed E-state index contributed by atoms with van der Waals surface area (Å²) in [7, 11) is 0. The average molecular weight is 341 g/mol. The minimum atomic E-state index is 0. The minimum Gasteiger partial charge on any atom is -0.281 e. The Kier molecular flexibility index (Phi) is 21.8. The van der Waals surface area contributed by atoms with Gasteiger partial charge in [0.15, 0.2) is 0 Å². The van der Waals surface area contributed by atoms with E-state index in [0.717, 1.165) is 5.57 Å². The van der Waals surface area contributed by atoms with E-state index in [1.165, 1.54) is 5.56 Å². The number of hydrogen-bond donors (Lipinski definition) is 0. The molecule has 5 radical (unpaired) electrons. The Labute approximate surface area is 128 Å². The standard InChI is InChI=1S/C8H8.C6H6.2CO.Rh/c1-2-8-6-4-3-5-7-8;1-6-4-2-3-5-6;2*1-2;/h2-7H,1H2;2-5H,1H2;;;. The van der Waals surface area contributed by atoms with Crippen molar-refractivity contribution in [3.63, 3.8) is 0 Å². The smallest absolute Gasteiger partial charge is 0.281 e. The Morgan fingerprint density at radius 3 is 1.53 bits per heavy atom. The van der Waals surface area contributed by atoms with Crippen molar-refractivity contribution in [1.29, 1.82) is 0 Å². The zero-order chi connectivity index (χ0) is 14.2. The van der Waals surface area contributed by atoms with Crippen molar-refractivity contribution in [3.05, 3.63) is 78.9 Å². The number of carbonyl (C=O) groups excluding carboxylic acids is 2. The Morgan fingerprint density at radius 1 is 0.895 bits per heavy atom. The molecule has 3 heteroatoms. The van der Waals surface area contributed by atoms with Crippen LogP contribution >= 0.6 is 0 Å². The van der Waals surface area contributed by atoms with Gasteiger partial charge >= 0.3 is 0 Å². The van der Waals surface area contributed by atoms with E-state index in [9.17, 15) is 0 Å². The molecule has 2 rings (SSSR count). The van der Waals surface area contributed by atoms with Crippen molar-refractivity contribution in [3.8, 4) is 0 Å². The maximum Gasteiger partial charge on any atom is 0.281 e. The van der Waals surface area contributed by atoms with E-state index in [0.29, 0.717) is 0 Å². The molecule has 0 aromatic heterocycles. The number of allylic oxidation sites excluding steroid dienone is 5. The molecular formula is C16H14O2Rh. The molecule has 0 amide bonds. The molecule has 1 aliphatic carbocycles. The van der Waals surface area contributed by atoms with E-state index >= 15 is 0 Å². The van der Waals surface area contributed by atoms with E-state index in [-0.39, 0.29) is 19.5 Å². The van der Waals surface area contributed by atoms with Crippen LogP contribution in [-0.4, -0.2) is 13.6 Å². The van der Waals surface area contributed by atoms with Crippen molar-refractivity contribution in [1.82, 2.24) is 0 Å². The quantitative estimate of drug-likeness (QED) is 0.735. The van der Waals surface area contributed by atoms with Crippen LogP contribution < -0.4 is 0 Å². The van der Waals surface area contributed by atoms with Gasteiger partial charge in [0.05, 0.1) is 0 Å². The maximum atomic E-state index is 7.50. The maximum absolute atomic E-state index is 7.50. The van der Waals surface area contributed by atoms with Gasteiger partial charge in [-0.15, -0.1) is 0 Å². The summed E-state index contributed by atoms with van der Waals surface area (Å²) < 4.78 is 0. The molecule has 99 valence electrons. The van der Waals surface area contributed by atoms with Crippen molar-refractivity contribution in [2.75, 3.05) is 0 Å². The molecule has 1 aromatic rings. The van der Waals surface area contributed by atoms with E-state index in [1.807, 2.05) is 60.7 Å². The first-order valence-corrected chi connectivity index (χ1v) is 4.95. The van der Waals surface area contributed by atoms with Gasteiger partial charge in [0.25, 0.3) is 13.6 Å². The molecule has 0 spiro atoms. The van der Waals surface area contributed by atoms with Crippen LogP contribution in [0.1, 0.15) is 5.56 Å². The van der Waals surface area contributed by atoms with Gasteiger partial charge < -0.3 is 0 Å². The second-order valence-electron chi connectivity index (χ2n) is 2.91. The summed E-state index contributed by atoms with van der Waals surface area (Å²) in [5.74, 6) is 0. The van der Waals surface area contributed by atoms with Crippen LogP contribution in [0.3, 0.4) is 0 Å². The predicted molar refractivity (Wildman–Crippen MR) is 75.3 cm³/mol. The van der Waals surface area contributed by atoms with Crippen molar-refractivity contribution >= 4 is 19.7 Å². The second kappa shape index (κ2) is 18.5. The van der Waals surface area contributed by atoms with Crippen LogP contribution in [0.4, 0.5) is 0 Å². The molecule has 0 heterocycles. The SMILES string of the molecule is C=C1C=CC=C1.C=Cc1ccccc1.[C]=O.[C]=O.[Rh]. The third kappa shape index (κ3) is 14.1. The molecule has 0 saturated heterocycles. The summed E-state index contributed by atoms with van der Waals surface area (Å²) in [4.78, 5) is 15.0. The summed E-state index contributed by atoms with van der Waals surface area (Å²) in [6.45, 7) is 16.3. The normalized spacial score (nSPS) is 9.37. The van der Waals surface area contributed by atoms with Crippen molar-refractivity contribution in [2.45, 2.75) is 0 Å². The number of benzene rings is 1. The van der Waals surface area contributed by atoms with Gasteiger partial charge in [-0.25, -0.2) is 0 Å². The third-order valence-corrected chi connectivity index (χ3v) is 1.77. The van der Waals surface area contributed by atoms with Gasteiger partial charge in [0.1, 0.15) is 0 Å². The summed E-state index contributed by atoms with van der Waals surface area (Å²) in [5.41, 5.74) is 2.27. The van der Waals surface area contributed by atoms with E-state index < -0.39 is 0 Å². The van der Waals surface area contributed by atoms with Crippen molar-refractivity contribution in [2.24, 2.45) is 0 Å². The molecule has 0 saturated carbocycles. The Morgan fingerprint density at radius 2 is 1.32 bits per heavy atom. The number of rotatable bonds is 1. The molecule has 2 nitrogen and oxygen atoms in total. The van der Waals surface area contributed by atoms with Crippen LogP contribution in [0, 0.1) is 0 Å². The monoisotopic (exact) mass is 341 g/mol. The van der Waals surface area contributed by atoms with E-state index in [4.69, 9.17) is 9.59 Å². The molecule has 0 bridgehead atoms. The summed E-state index contributed by atoms with van der Waals surface area (Å²) in [6, 6.07) is 10.0. The second-order valence-corrected chi connectivity index (χ2v) is 2.91. The fraction of sp³-hybridized carbons (Fsp3) is 0. The predicted octanol–water partition coefficient (Wildman–Crippen LogP) is 3.20. The van der Waals surface area contributed by atoms with Gasteiger partial charge in [-0.2, -0.15) is 0 Å². The van der Waals surface area contributed by atoms with E-state index in [1.54, 1.807) is 0 Å². The Bertz CT molecular complexity index is 378. The van der Waals surface area contributed by atoms with Gasteiger partial charge in [-0.3, -0.25) is 9.59 Å². The molecule has 19 heavy (non-hydrogen) atoms. The average Bonchev–Trinajstić information content (AvgIpc) is 2.96. The molecule has 0 fully saturated rings. The zero-order valence-corrected chi connectivity index (χ0v) is 12.0. The van der Waals surface area contributed by atoms with Gasteiger partial charge in [-0.1, -0.05) is 73.9 Å². The fourth-order valence-corrected chi connectivity index (χ4v) is 1.00. The van der Waals surface area contributed by atoms with Gasteiger partial charge in [0, 0.05) is 19.5 Å². The van der Waals surface area contributed by atoms with E-state index in [2.05, 4.69) is 26.7 Å². The summed E-state index contributed by atoms with van der Waals surface area (Å²) in [6.07, 6.45) is 9.73. The minimum absolute atomic E-state index is 0. The van der Waals surface area contributed by atoms with Crippen molar-refractivity contribution < 1.29 is 29.1 Å². The van der Waals surface area contributed by atoms with Crippen LogP contribution in [0.15, 0.2) is 73.4 Å². The van der Waals surface area contributed by atoms with Crippen LogP contribution in [0.2, 0.25) is 0 Å². The van der Waals surface area contributed by atoms with Gasteiger partial charge in [-0.05, 0) is 11.1 Å². The van der Waals surface area contributed by atoms with Gasteiger partial charge in [0.2, 0.25) is 0 Å². The first kappa shape index (κ1) is 22.3. The number of hydrogen-bond acceptors (Lipinski definition) is 2. The molecule has 0 unspecified atom stereocenters. The summed E-state index contributed by atoms with van der Waals surface area (Å²) >= 11 is 0. The van der Waals surface area contributed by atoms with Crippen LogP contribution in [0.5, 0.6) is 0 Å². The summed E-state index contributed by atoms with van der Waals surface area (Å²) in [5, 5.41) is 0. The Hall–Kier alpha value is -1.86. The molecule has 0 N–H and O–H groups in total. The first-order chi connectivity index (χ1) is 8.83.